The van der Waals surface area contributed by atoms with Gasteiger partial charge in [0.15, 0.2) is 0 Å². The third kappa shape index (κ3) is 2.18. The first kappa shape index (κ1) is 10.4. The molecule has 0 fully saturated rings. The van der Waals surface area contributed by atoms with Crippen LogP contribution in [-0.4, -0.2) is 31.1 Å². The number of carbonyl (C=O) groups is 1. The van der Waals surface area contributed by atoms with Crippen LogP contribution < -0.4 is 0 Å². The fraction of sp³-hybridized carbons (Fsp3) is 0. The summed E-state index contributed by atoms with van der Waals surface area (Å²) < 4.78 is 41.8. The van der Waals surface area contributed by atoms with E-state index in [1.165, 1.54) is 0 Å². The van der Waals surface area contributed by atoms with Crippen LogP contribution in [0.2, 0.25) is 0 Å². The number of halogens is 3. The van der Waals surface area contributed by atoms with E-state index in [0.29, 0.717) is 12.1 Å². The number of hydrogen-bond donors (Lipinski definition) is 0. The first-order valence-electron chi connectivity index (χ1n) is 3.08. The van der Waals surface area contributed by atoms with Crippen molar-refractivity contribution in [3.63, 3.8) is 0 Å². The van der Waals surface area contributed by atoms with Gasteiger partial charge in [-0.25, -0.2) is 0 Å². The van der Waals surface area contributed by atoms with Crippen LogP contribution in [0.25, 0.3) is 0 Å². The predicted octanol–water partition coefficient (Wildman–Crippen LogP) is 1.08. The van der Waals surface area contributed by atoms with Gasteiger partial charge in [0.05, 0.1) is 0 Å². The number of rotatable bonds is 1. The van der Waals surface area contributed by atoms with Crippen molar-refractivity contribution in [2.45, 2.75) is 0 Å². The van der Waals surface area contributed by atoms with Gasteiger partial charge in [-0.05, 0) is 0 Å². The van der Waals surface area contributed by atoms with Crippen molar-refractivity contribution in [3.8, 4) is 0 Å². The zero-order valence-corrected chi connectivity index (χ0v) is 9.99. The van der Waals surface area contributed by atoms with E-state index in [4.69, 9.17) is 0 Å². The van der Waals surface area contributed by atoms with Crippen LogP contribution in [0.1, 0.15) is 10.4 Å². The van der Waals surface area contributed by atoms with Crippen LogP contribution in [0.15, 0.2) is 12.1 Å². The van der Waals surface area contributed by atoms with Gasteiger partial charge in [0.1, 0.15) is 0 Å². The van der Waals surface area contributed by atoms with Crippen molar-refractivity contribution in [1.29, 1.82) is 0 Å². The van der Waals surface area contributed by atoms with Gasteiger partial charge in [-0.1, -0.05) is 0 Å². The van der Waals surface area contributed by atoms with Crippen LogP contribution >= 0.6 is 0 Å². The molecule has 0 aromatic heterocycles. The Labute approximate surface area is 87.2 Å². The van der Waals surface area contributed by atoms with Gasteiger partial charge in [-0.15, -0.1) is 0 Å². The molecule has 0 heterocycles. The fourth-order valence-electron chi connectivity index (χ4n) is 0.732. The van der Waals surface area contributed by atoms with Gasteiger partial charge in [-0.2, -0.15) is 0 Å². The summed E-state index contributed by atoms with van der Waals surface area (Å²) in [5, 5.41) is 0. The number of hydrogen-bond acceptors (Lipinski definition) is 2. The minimum absolute atomic E-state index is 0.113. The van der Waals surface area contributed by atoms with Crippen molar-refractivity contribution < 1.29 is 20.8 Å². The maximum atomic E-state index is 12.5. The molecule has 0 atom stereocenters. The van der Waals surface area contributed by atoms with Gasteiger partial charge in [0, 0.05) is 0 Å². The molecule has 1 rings (SSSR count). The monoisotopic (exact) mass is 385 g/mol. The molecule has 0 saturated carbocycles. The molecule has 1 aromatic rings. The Hall–Kier alpha value is -0.637. The average Bonchev–Trinajstić information content (AvgIpc) is 2.12. The molecule has 6 heteroatoms. The van der Waals surface area contributed by atoms with Gasteiger partial charge in [0.25, 0.3) is 0 Å². The van der Waals surface area contributed by atoms with E-state index in [2.05, 4.69) is 2.81 Å². The second-order valence-corrected chi connectivity index (χ2v) is 2.94. The molecule has 0 amide bonds. The standard InChI is InChI=1S/C7H3F3O2.Bi.H/c8-4-1-3(7(11)12)2-5(9)6(4)10;;/h1-2H,(H,11,12);;/q;+1;/p-1. The molecule has 2 nitrogen and oxygen atoms in total. The Balaban J connectivity index is 3.20. The third-order valence-electron chi connectivity index (χ3n) is 1.31. The summed E-state index contributed by atoms with van der Waals surface area (Å²) in [4.78, 5) is 10.8. The summed E-state index contributed by atoms with van der Waals surface area (Å²) >= 11 is 0.113. The first-order chi connectivity index (χ1) is 6.06. The molecule has 0 saturated heterocycles. The predicted molar refractivity (Wildman–Crippen MR) is 38.9 cm³/mol. The zero-order valence-electron chi connectivity index (χ0n) is 6.11. The van der Waals surface area contributed by atoms with Crippen LogP contribution in [0.3, 0.4) is 0 Å². The minimum atomic E-state index is -1.59. The Morgan fingerprint density at radius 3 is 2.08 bits per heavy atom. The molecule has 69 valence electrons. The summed E-state index contributed by atoms with van der Waals surface area (Å²) in [5.74, 6) is -5.25. The molecule has 0 aliphatic rings. The molecule has 0 spiro atoms. The van der Waals surface area contributed by atoms with Crippen molar-refractivity contribution in [2.24, 2.45) is 0 Å². The summed E-state index contributed by atoms with van der Waals surface area (Å²) in [7, 11) is 0. The van der Waals surface area contributed by atoms with Crippen LogP contribution in [0, 0.1) is 17.5 Å². The molecule has 0 N–H and O–H groups in total. The Kier molecular flexibility index (Phi) is 3.25. The van der Waals surface area contributed by atoms with Crippen LogP contribution in [-0.2, 0) is 2.81 Å². The quantitative estimate of drug-likeness (QED) is 0.535. The van der Waals surface area contributed by atoms with Crippen LogP contribution in [0.5, 0.6) is 0 Å². The summed E-state index contributed by atoms with van der Waals surface area (Å²) in [6, 6.07) is 1.19. The molecule has 1 aromatic carbocycles. The van der Waals surface area contributed by atoms with Crippen LogP contribution in [0.4, 0.5) is 13.2 Å². The third-order valence-corrected chi connectivity index (χ3v) is 2.03. The molecule has 1 radical (unpaired) electrons. The van der Waals surface area contributed by atoms with E-state index >= 15 is 0 Å². The van der Waals surface area contributed by atoms with E-state index in [-0.39, 0.29) is 30.7 Å². The van der Waals surface area contributed by atoms with Gasteiger partial charge >= 0.3 is 87.1 Å². The second kappa shape index (κ2) is 4.05. The zero-order chi connectivity index (χ0) is 10.0. The van der Waals surface area contributed by atoms with E-state index < -0.39 is 23.4 Å². The average molecular weight is 385 g/mol. The fourth-order valence-corrected chi connectivity index (χ4v) is 1.19. The molecule has 0 aliphatic carbocycles. The second-order valence-electron chi connectivity index (χ2n) is 2.14. The maximum absolute atomic E-state index is 12.5. The molecular formula is C7H3BiF3O2. The normalized spacial score (nSPS) is 9.85. The number of benzene rings is 1. The van der Waals surface area contributed by atoms with Crippen molar-refractivity contribution in [2.75, 3.05) is 0 Å². The van der Waals surface area contributed by atoms with E-state index in [0.717, 1.165) is 0 Å². The van der Waals surface area contributed by atoms with E-state index in [1.54, 1.807) is 0 Å². The SMILES string of the molecule is O=C([O][BiH])c1cc(F)c(F)c(F)c1. The summed E-state index contributed by atoms with van der Waals surface area (Å²) in [6.45, 7) is 0. The molecule has 0 bridgehead atoms. The van der Waals surface area contributed by atoms with Crippen molar-refractivity contribution in [1.82, 2.24) is 0 Å². The van der Waals surface area contributed by atoms with Gasteiger partial charge in [0.2, 0.25) is 0 Å². The Bertz CT molecular complexity index is 331. The van der Waals surface area contributed by atoms with E-state index in [1.807, 2.05) is 0 Å². The Morgan fingerprint density at radius 2 is 1.69 bits per heavy atom. The first-order valence-corrected chi connectivity index (χ1v) is 4.67. The Morgan fingerprint density at radius 1 is 1.23 bits per heavy atom. The summed E-state index contributed by atoms with van der Waals surface area (Å²) in [6.07, 6.45) is 0. The topological polar surface area (TPSA) is 26.3 Å². The molecular weight excluding hydrogens is 382 g/mol. The van der Waals surface area contributed by atoms with Gasteiger partial charge in [-0.3, -0.25) is 0 Å². The molecule has 0 aliphatic heterocycles. The van der Waals surface area contributed by atoms with E-state index in [9.17, 15) is 18.0 Å². The van der Waals surface area contributed by atoms with Crippen molar-refractivity contribution in [3.05, 3.63) is 35.1 Å². The molecule has 0 unspecified atom stereocenters. The summed E-state index contributed by atoms with van der Waals surface area (Å²) in [5.41, 5.74) is -0.327. The van der Waals surface area contributed by atoms with Gasteiger partial charge < -0.3 is 0 Å². The molecule has 13 heavy (non-hydrogen) atoms. The number of carbonyl (C=O) groups excluding carboxylic acids is 1. The van der Waals surface area contributed by atoms with Crippen molar-refractivity contribution >= 4 is 31.1 Å².